The van der Waals surface area contributed by atoms with Gasteiger partial charge in [-0.05, 0) is 35.7 Å². The van der Waals surface area contributed by atoms with Crippen LogP contribution in [0, 0.1) is 0 Å². The molecule has 0 aromatic heterocycles. The fourth-order valence-electron chi connectivity index (χ4n) is 3.03. The summed E-state index contributed by atoms with van der Waals surface area (Å²) >= 11 is 0. The highest BCUT2D eigenvalue weighted by Crippen LogP contribution is 2.30. The number of fused-ring (bicyclic) bond motifs is 1. The van der Waals surface area contributed by atoms with Crippen molar-refractivity contribution >= 4 is 29.1 Å². The molecule has 0 fully saturated rings. The molecule has 6 heteroatoms. The highest BCUT2D eigenvalue weighted by atomic mass is 16.2. The van der Waals surface area contributed by atoms with E-state index < -0.39 is 0 Å². The van der Waals surface area contributed by atoms with Crippen molar-refractivity contribution < 1.29 is 14.4 Å². The van der Waals surface area contributed by atoms with Crippen LogP contribution in [-0.2, 0) is 27.2 Å². The lowest BCUT2D eigenvalue weighted by Crippen LogP contribution is -2.33. The van der Waals surface area contributed by atoms with Crippen molar-refractivity contribution in [1.82, 2.24) is 5.32 Å². The standard InChI is InChI=1S/C20H21N3O3/c1-14(24)23-10-9-16-12-17(7-8-18(16)23)22-20(26)13-21-19(25)11-15-5-3-2-4-6-15/h2-8,12H,9-11,13H2,1H3,(H,21,25)(H,22,26). The molecule has 1 heterocycles. The maximum Gasteiger partial charge on any atom is 0.243 e. The first-order chi connectivity index (χ1) is 12.5. The maximum absolute atomic E-state index is 12.1. The van der Waals surface area contributed by atoms with E-state index in [-0.39, 0.29) is 30.7 Å². The molecule has 0 unspecified atom stereocenters. The highest BCUT2D eigenvalue weighted by molar-refractivity contribution is 5.97. The zero-order chi connectivity index (χ0) is 18.5. The number of benzene rings is 2. The van der Waals surface area contributed by atoms with E-state index in [1.165, 1.54) is 0 Å². The van der Waals surface area contributed by atoms with Gasteiger partial charge in [0.2, 0.25) is 17.7 Å². The number of amides is 3. The van der Waals surface area contributed by atoms with Crippen molar-refractivity contribution in [3.05, 3.63) is 59.7 Å². The summed E-state index contributed by atoms with van der Waals surface area (Å²) in [5.74, 6) is -0.466. The Balaban J connectivity index is 1.51. The van der Waals surface area contributed by atoms with Crippen LogP contribution in [0.4, 0.5) is 11.4 Å². The van der Waals surface area contributed by atoms with Gasteiger partial charge in [-0.15, -0.1) is 0 Å². The summed E-state index contributed by atoms with van der Waals surface area (Å²) in [6.07, 6.45) is 1.01. The van der Waals surface area contributed by atoms with Gasteiger partial charge in [0.25, 0.3) is 0 Å². The number of hydrogen-bond donors (Lipinski definition) is 2. The largest absolute Gasteiger partial charge is 0.347 e. The quantitative estimate of drug-likeness (QED) is 0.863. The van der Waals surface area contributed by atoms with E-state index in [4.69, 9.17) is 0 Å². The Hall–Kier alpha value is -3.15. The lowest BCUT2D eigenvalue weighted by atomic mass is 10.1. The van der Waals surface area contributed by atoms with Crippen molar-refractivity contribution in [2.24, 2.45) is 0 Å². The Kier molecular flexibility index (Phi) is 5.31. The summed E-state index contributed by atoms with van der Waals surface area (Å²) in [5.41, 5.74) is 3.49. The van der Waals surface area contributed by atoms with E-state index in [9.17, 15) is 14.4 Å². The molecule has 3 rings (SSSR count). The van der Waals surface area contributed by atoms with Crippen LogP contribution in [-0.4, -0.2) is 30.8 Å². The monoisotopic (exact) mass is 351 g/mol. The van der Waals surface area contributed by atoms with Crippen molar-refractivity contribution in [3.63, 3.8) is 0 Å². The molecular formula is C20H21N3O3. The molecule has 26 heavy (non-hydrogen) atoms. The molecule has 0 spiro atoms. The number of anilines is 2. The van der Waals surface area contributed by atoms with Gasteiger partial charge in [0, 0.05) is 24.8 Å². The van der Waals surface area contributed by atoms with E-state index >= 15 is 0 Å². The molecule has 2 aromatic carbocycles. The van der Waals surface area contributed by atoms with Gasteiger partial charge in [-0.1, -0.05) is 30.3 Å². The topological polar surface area (TPSA) is 78.5 Å². The smallest absolute Gasteiger partial charge is 0.243 e. The Morgan fingerprint density at radius 3 is 2.54 bits per heavy atom. The molecule has 134 valence electrons. The molecule has 2 aromatic rings. The number of hydrogen-bond acceptors (Lipinski definition) is 3. The summed E-state index contributed by atoms with van der Waals surface area (Å²) in [7, 11) is 0. The summed E-state index contributed by atoms with van der Waals surface area (Å²) in [4.78, 5) is 37.2. The van der Waals surface area contributed by atoms with Crippen molar-refractivity contribution in [3.8, 4) is 0 Å². The van der Waals surface area contributed by atoms with Crippen molar-refractivity contribution in [1.29, 1.82) is 0 Å². The number of carbonyl (C=O) groups excluding carboxylic acids is 3. The molecule has 0 atom stereocenters. The molecule has 1 aliphatic rings. The minimum atomic E-state index is -0.284. The van der Waals surface area contributed by atoms with Crippen LogP contribution >= 0.6 is 0 Å². The second kappa shape index (κ2) is 7.82. The normalized spacial score (nSPS) is 12.4. The number of nitrogens with one attached hydrogen (secondary N) is 2. The van der Waals surface area contributed by atoms with E-state index in [2.05, 4.69) is 10.6 Å². The maximum atomic E-state index is 12.1. The zero-order valence-corrected chi connectivity index (χ0v) is 14.6. The second-order valence-corrected chi connectivity index (χ2v) is 6.25. The van der Waals surface area contributed by atoms with Gasteiger partial charge in [-0.25, -0.2) is 0 Å². The highest BCUT2D eigenvalue weighted by Gasteiger charge is 2.22. The van der Waals surface area contributed by atoms with E-state index in [0.717, 1.165) is 23.2 Å². The molecule has 6 nitrogen and oxygen atoms in total. The van der Waals surface area contributed by atoms with Crippen molar-refractivity contribution in [2.45, 2.75) is 19.8 Å². The number of nitrogens with zero attached hydrogens (tertiary/aromatic N) is 1. The summed E-state index contributed by atoms with van der Waals surface area (Å²) in [6.45, 7) is 2.13. The van der Waals surface area contributed by atoms with Gasteiger partial charge in [0.1, 0.15) is 0 Å². The molecule has 3 amide bonds. The zero-order valence-electron chi connectivity index (χ0n) is 14.6. The van der Waals surface area contributed by atoms with E-state index in [1.54, 1.807) is 17.9 Å². The first-order valence-corrected chi connectivity index (χ1v) is 8.54. The van der Waals surface area contributed by atoms with Crippen LogP contribution in [0.15, 0.2) is 48.5 Å². The lowest BCUT2D eigenvalue weighted by Gasteiger charge is -2.15. The summed E-state index contributed by atoms with van der Waals surface area (Å²) in [6, 6.07) is 14.9. The average Bonchev–Trinajstić information content (AvgIpc) is 3.04. The third-order valence-corrected chi connectivity index (χ3v) is 4.29. The third kappa shape index (κ3) is 4.27. The Morgan fingerprint density at radius 2 is 1.81 bits per heavy atom. The van der Waals surface area contributed by atoms with Crippen molar-refractivity contribution in [2.75, 3.05) is 23.3 Å². The predicted octanol–water partition coefficient (Wildman–Crippen LogP) is 1.89. The van der Waals surface area contributed by atoms with Crippen LogP contribution in [0.2, 0.25) is 0 Å². The third-order valence-electron chi connectivity index (χ3n) is 4.29. The van der Waals surface area contributed by atoms with Gasteiger partial charge in [-0.2, -0.15) is 0 Å². The first-order valence-electron chi connectivity index (χ1n) is 8.54. The van der Waals surface area contributed by atoms with Crippen LogP contribution in [0.25, 0.3) is 0 Å². The summed E-state index contributed by atoms with van der Waals surface area (Å²) in [5, 5.41) is 5.40. The predicted molar refractivity (Wildman–Crippen MR) is 100.0 cm³/mol. The van der Waals surface area contributed by atoms with Crippen LogP contribution in [0.3, 0.4) is 0 Å². The first kappa shape index (κ1) is 17.7. The SMILES string of the molecule is CC(=O)N1CCc2cc(NC(=O)CNC(=O)Cc3ccccc3)ccc21. The molecule has 0 radical (unpaired) electrons. The number of rotatable bonds is 5. The van der Waals surface area contributed by atoms with Gasteiger partial charge in [-0.3, -0.25) is 14.4 Å². The molecular weight excluding hydrogens is 330 g/mol. The Labute approximate surface area is 152 Å². The van der Waals surface area contributed by atoms with Gasteiger partial charge >= 0.3 is 0 Å². The minimum Gasteiger partial charge on any atom is -0.347 e. The second-order valence-electron chi connectivity index (χ2n) is 6.25. The molecule has 2 N–H and O–H groups in total. The number of carbonyl (C=O) groups is 3. The lowest BCUT2D eigenvalue weighted by molar-refractivity contribution is -0.123. The Bertz CT molecular complexity index is 833. The van der Waals surface area contributed by atoms with E-state index in [1.807, 2.05) is 42.5 Å². The van der Waals surface area contributed by atoms with Gasteiger partial charge < -0.3 is 15.5 Å². The molecule has 0 saturated heterocycles. The van der Waals surface area contributed by atoms with Gasteiger partial charge in [0.05, 0.1) is 13.0 Å². The molecule has 0 aliphatic carbocycles. The fourth-order valence-corrected chi connectivity index (χ4v) is 3.03. The molecule has 0 bridgehead atoms. The molecule has 0 saturated carbocycles. The fraction of sp³-hybridized carbons (Fsp3) is 0.250. The Morgan fingerprint density at radius 1 is 1.04 bits per heavy atom. The minimum absolute atomic E-state index is 0.0154. The van der Waals surface area contributed by atoms with Crippen LogP contribution in [0.1, 0.15) is 18.1 Å². The molecule has 1 aliphatic heterocycles. The van der Waals surface area contributed by atoms with Crippen LogP contribution in [0.5, 0.6) is 0 Å². The van der Waals surface area contributed by atoms with E-state index in [0.29, 0.717) is 12.2 Å². The average molecular weight is 351 g/mol. The van der Waals surface area contributed by atoms with Crippen LogP contribution < -0.4 is 15.5 Å². The summed E-state index contributed by atoms with van der Waals surface area (Å²) < 4.78 is 0. The van der Waals surface area contributed by atoms with Gasteiger partial charge in [0.15, 0.2) is 0 Å².